The van der Waals surface area contributed by atoms with Crippen LogP contribution >= 0.6 is 11.3 Å². The fourth-order valence-electron chi connectivity index (χ4n) is 1.79. The van der Waals surface area contributed by atoms with Gasteiger partial charge in [0, 0.05) is 32.6 Å². The van der Waals surface area contributed by atoms with E-state index in [2.05, 4.69) is 9.88 Å². The Bertz CT molecular complexity index is 397. The lowest BCUT2D eigenvalue weighted by Crippen LogP contribution is -2.35. The van der Waals surface area contributed by atoms with E-state index in [4.69, 9.17) is 0 Å². The average molecular weight is 255 g/mol. The van der Waals surface area contributed by atoms with Gasteiger partial charge in [-0.1, -0.05) is 0 Å². The van der Waals surface area contributed by atoms with Crippen molar-refractivity contribution < 1.29 is 9.90 Å². The molecule has 1 fully saturated rings. The van der Waals surface area contributed by atoms with Gasteiger partial charge in [0.25, 0.3) is 5.91 Å². The van der Waals surface area contributed by atoms with Crippen molar-refractivity contribution in [2.75, 3.05) is 32.1 Å². The third kappa shape index (κ3) is 2.76. The minimum Gasteiger partial charge on any atom is -0.393 e. The Morgan fingerprint density at radius 3 is 2.76 bits per heavy atom. The van der Waals surface area contributed by atoms with E-state index >= 15 is 0 Å². The number of hydrogen-bond donors (Lipinski definition) is 1. The minimum absolute atomic E-state index is 0.0652. The number of aliphatic hydroxyl groups excluding tert-OH is 1. The van der Waals surface area contributed by atoms with Gasteiger partial charge in [-0.15, -0.1) is 11.3 Å². The molecule has 1 N–H and O–H groups in total. The van der Waals surface area contributed by atoms with Crippen LogP contribution in [0, 0.1) is 0 Å². The first-order chi connectivity index (χ1) is 8.08. The summed E-state index contributed by atoms with van der Waals surface area (Å²) in [5, 5.41) is 12.1. The third-order valence-electron chi connectivity index (χ3n) is 2.85. The lowest BCUT2D eigenvalue weighted by Gasteiger charge is -2.29. The largest absolute Gasteiger partial charge is 0.393 e. The maximum atomic E-state index is 11.7. The number of carbonyl (C=O) groups excluding carboxylic acids is 1. The van der Waals surface area contributed by atoms with E-state index in [0.717, 1.165) is 31.1 Å². The zero-order valence-electron chi connectivity index (χ0n) is 10.1. The van der Waals surface area contributed by atoms with E-state index in [-0.39, 0.29) is 12.0 Å². The van der Waals surface area contributed by atoms with Crippen molar-refractivity contribution in [1.29, 1.82) is 0 Å². The van der Waals surface area contributed by atoms with Gasteiger partial charge in [-0.05, 0) is 12.8 Å². The molecule has 0 unspecified atom stereocenters. The number of carbonyl (C=O) groups is 1. The fraction of sp³-hybridized carbons (Fsp3) is 0.636. The molecule has 0 radical (unpaired) electrons. The molecule has 0 saturated carbocycles. The summed E-state index contributed by atoms with van der Waals surface area (Å²) in [5.74, 6) is -0.0652. The van der Waals surface area contributed by atoms with Crippen LogP contribution in [0.4, 0.5) is 5.13 Å². The van der Waals surface area contributed by atoms with Crippen molar-refractivity contribution in [3.63, 3.8) is 0 Å². The van der Waals surface area contributed by atoms with Gasteiger partial charge in [0.15, 0.2) is 5.13 Å². The van der Waals surface area contributed by atoms with Crippen LogP contribution in [0.1, 0.15) is 23.3 Å². The molecule has 0 aromatic carbocycles. The molecule has 2 heterocycles. The average Bonchev–Trinajstić information content (AvgIpc) is 2.78. The maximum Gasteiger partial charge on any atom is 0.272 e. The van der Waals surface area contributed by atoms with Crippen LogP contribution in [-0.4, -0.2) is 54.2 Å². The molecule has 1 aromatic rings. The van der Waals surface area contributed by atoms with Crippen molar-refractivity contribution in [2.45, 2.75) is 18.9 Å². The highest BCUT2D eigenvalue weighted by Gasteiger charge is 2.21. The Balaban J connectivity index is 2.05. The summed E-state index contributed by atoms with van der Waals surface area (Å²) >= 11 is 1.49. The van der Waals surface area contributed by atoms with Gasteiger partial charge < -0.3 is 14.9 Å². The standard InChI is InChI=1S/C11H17N3O2S/c1-13(2)10(16)9-7-17-11(12-9)14-5-3-8(15)4-6-14/h7-8,15H,3-6H2,1-2H3. The van der Waals surface area contributed by atoms with Crippen molar-refractivity contribution in [3.8, 4) is 0 Å². The van der Waals surface area contributed by atoms with Crippen LogP contribution in [0.2, 0.25) is 0 Å². The maximum absolute atomic E-state index is 11.7. The molecule has 0 aliphatic carbocycles. The van der Waals surface area contributed by atoms with E-state index in [1.165, 1.54) is 16.2 Å². The molecule has 1 aliphatic rings. The first kappa shape index (κ1) is 12.3. The van der Waals surface area contributed by atoms with E-state index < -0.39 is 0 Å². The molecule has 1 aliphatic heterocycles. The molecular formula is C11H17N3O2S. The predicted octanol–water partition coefficient (Wildman–Crippen LogP) is 0.806. The number of nitrogens with zero attached hydrogens (tertiary/aromatic N) is 3. The van der Waals surface area contributed by atoms with Gasteiger partial charge in [-0.25, -0.2) is 4.98 Å². The fourth-order valence-corrected chi connectivity index (χ4v) is 2.65. The second-order valence-electron chi connectivity index (χ2n) is 4.43. The number of aromatic nitrogens is 1. The lowest BCUT2D eigenvalue weighted by molar-refractivity contribution is 0.0822. The molecule has 0 spiro atoms. The van der Waals surface area contributed by atoms with Gasteiger partial charge in [-0.3, -0.25) is 4.79 Å². The molecule has 94 valence electrons. The Hall–Kier alpha value is -1.14. The van der Waals surface area contributed by atoms with Gasteiger partial charge in [-0.2, -0.15) is 0 Å². The summed E-state index contributed by atoms with van der Waals surface area (Å²) in [6.07, 6.45) is 1.36. The summed E-state index contributed by atoms with van der Waals surface area (Å²) in [7, 11) is 3.44. The highest BCUT2D eigenvalue weighted by Crippen LogP contribution is 2.24. The molecular weight excluding hydrogens is 238 g/mol. The summed E-state index contributed by atoms with van der Waals surface area (Å²) in [6.45, 7) is 1.62. The molecule has 17 heavy (non-hydrogen) atoms. The summed E-state index contributed by atoms with van der Waals surface area (Å²) in [5.41, 5.74) is 0.501. The molecule has 6 heteroatoms. The van der Waals surface area contributed by atoms with Crippen LogP contribution in [-0.2, 0) is 0 Å². The zero-order valence-corrected chi connectivity index (χ0v) is 10.9. The highest BCUT2D eigenvalue weighted by atomic mass is 32.1. The number of aliphatic hydroxyl groups is 1. The van der Waals surface area contributed by atoms with Crippen molar-refractivity contribution in [3.05, 3.63) is 11.1 Å². The van der Waals surface area contributed by atoms with Gasteiger partial charge >= 0.3 is 0 Å². The Morgan fingerprint density at radius 1 is 1.53 bits per heavy atom. The van der Waals surface area contributed by atoms with E-state index in [9.17, 15) is 9.90 Å². The smallest absolute Gasteiger partial charge is 0.272 e. The Labute approximate surface area is 105 Å². The lowest BCUT2D eigenvalue weighted by atomic mass is 10.1. The Morgan fingerprint density at radius 2 is 2.18 bits per heavy atom. The van der Waals surface area contributed by atoms with Crippen molar-refractivity contribution >= 4 is 22.4 Å². The van der Waals surface area contributed by atoms with E-state index in [1.807, 2.05) is 0 Å². The van der Waals surface area contributed by atoms with Crippen LogP contribution in [0.3, 0.4) is 0 Å². The van der Waals surface area contributed by atoms with Crippen LogP contribution in [0.15, 0.2) is 5.38 Å². The second kappa shape index (κ2) is 5.01. The summed E-state index contributed by atoms with van der Waals surface area (Å²) in [6, 6.07) is 0. The second-order valence-corrected chi connectivity index (χ2v) is 5.27. The molecule has 1 saturated heterocycles. The van der Waals surface area contributed by atoms with E-state index in [1.54, 1.807) is 19.5 Å². The van der Waals surface area contributed by atoms with Crippen LogP contribution in [0.25, 0.3) is 0 Å². The Kier molecular flexibility index (Phi) is 3.63. The summed E-state index contributed by atoms with van der Waals surface area (Å²) < 4.78 is 0. The van der Waals surface area contributed by atoms with Crippen LogP contribution < -0.4 is 4.90 Å². The van der Waals surface area contributed by atoms with Crippen molar-refractivity contribution in [1.82, 2.24) is 9.88 Å². The normalized spacial score (nSPS) is 17.2. The van der Waals surface area contributed by atoms with Gasteiger partial charge in [0.2, 0.25) is 0 Å². The van der Waals surface area contributed by atoms with Gasteiger partial charge in [0.1, 0.15) is 5.69 Å². The minimum atomic E-state index is -0.186. The zero-order chi connectivity index (χ0) is 12.4. The van der Waals surface area contributed by atoms with Gasteiger partial charge in [0.05, 0.1) is 6.10 Å². The molecule has 5 nitrogen and oxygen atoms in total. The molecule has 0 bridgehead atoms. The number of piperidine rings is 1. The molecule has 0 atom stereocenters. The number of thiazole rings is 1. The first-order valence-corrected chi connectivity index (χ1v) is 6.56. The number of amides is 1. The molecule has 2 rings (SSSR count). The number of hydrogen-bond acceptors (Lipinski definition) is 5. The first-order valence-electron chi connectivity index (χ1n) is 5.68. The summed E-state index contributed by atoms with van der Waals surface area (Å²) in [4.78, 5) is 19.7. The number of anilines is 1. The highest BCUT2D eigenvalue weighted by molar-refractivity contribution is 7.13. The van der Waals surface area contributed by atoms with Crippen LogP contribution in [0.5, 0.6) is 0 Å². The quantitative estimate of drug-likeness (QED) is 0.849. The monoisotopic (exact) mass is 255 g/mol. The van der Waals surface area contributed by atoms with Crippen molar-refractivity contribution in [2.24, 2.45) is 0 Å². The van der Waals surface area contributed by atoms with E-state index in [0.29, 0.717) is 5.69 Å². The third-order valence-corrected chi connectivity index (χ3v) is 3.75. The topological polar surface area (TPSA) is 56.7 Å². The predicted molar refractivity (Wildman–Crippen MR) is 67.6 cm³/mol. The molecule has 1 amide bonds. The SMILES string of the molecule is CN(C)C(=O)c1csc(N2CCC(O)CC2)n1. The molecule has 1 aromatic heterocycles. The number of rotatable bonds is 2.